The summed E-state index contributed by atoms with van der Waals surface area (Å²) in [6, 6.07) is 10.4. The summed E-state index contributed by atoms with van der Waals surface area (Å²) in [5.74, 6) is 0.197. The number of phenols is 1. The molecule has 7 nitrogen and oxygen atoms in total. The monoisotopic (exact) mass is 449 g/mol. The van der Waals surface area contributed by atoms with Crippen LogP contribution >= 0.6 is 23.2 Å². The van der Waals surface area contributed by atoms with E-state index in [2.05, 4.69) is 10.6 Å². The van der Waals surface area contributed by atoms with Crippen LogP contribution in [-0.4, -0.2) is 40.7 Å². The molecule has 0 radical (unpaired) electrons. The molecule has 0 fully saturated rings. The number of hydrogen-bond acceptors (Lipinski definition) is 6. The van der Waals surface area contributed by atoms with Crippen LogP contribution in [0.25, 0.3) is 5.76 Å². The molecule has 2 aromatic rings. The van der Waals surface area contributed by atoms with E-state index in [1.165, 1.54) is 6.26 Å². The number of halogens is 2. The number of aromatic hydroxyl groups is 1. The first-order valence-corrected chi connectivity index (χ1v) is 9.91. The fraction of sp³-hybridized carbons (Fsp3) is 0.190. The first kappa shape index (κ1) is 21.8. The van der Waals surface area contributed by atoms with Crippen molar-refractivity contribution in [2.45, 2.75) is 6.54 Å². The van der Waals surface area contributed by atoms with Gasteiger partial charge in [0, 0.05) is 43.3 Å². The van der Waals surface area contributed by atoms with Crippen molar-refractivity contribution in [2.24, 2.45) is 0 Å². The summed E-state index contributed by atoms with van der Waals surface area (Å²) in [5.41, 5.74) is 2.38. The summed E-state index contributed by atoms with van der Waals surface area (Å²) in [7, 11) is 0. The molecule has 0 bridgehead atoms. The Bertz CT molecular complexity index is 979. The van der Waals surface area contributed by atoms with E-state index in [9.17, 15) is 9.90 Å². The minimum absolute atomic E-state index is 0.103. The van der Waals surface area contributed by atoms with Gasteiger partial charge in [-0.05, 0) is 35.9 Å². The largest absolute Gasteiger partial charge is 0.508 e. The Morgan fingerprint density at radius 2 is 1.97 bits per heavy atom. The van der Waals surface area contributed by atoms with Gasteiger partial charge in [0.1, 0.15) is 18.6 Å². The minimum atomic E-state index is -0.544. The highest BCUT2D eigenvalue weighted by Gasteiger charge is 2.15. The van der Waals surface area contributed by atoms with Crippen LogP contribution in [0.4, 0.5) is 5.69 Å². The summed E-state index contributed by atoms with van der Waals surface area (Å²) in [5, 5.41) is 25.6. The van der Waals surface area contributed by atoms with E-state index in [4.69, 9.17) is 33.0 Å². The lowest BCUT2D eigenvalue weighted by Crippen LogP contribution is -2.32. The molecule has 1 amide bonds. The van der Waals surface area contributed by atoms with Crippen LogP contribution in [0.3, 0.4) is 0 Å². The zero-order valence-corrected chi connectivity index (χ0v) is 17.5. The Kier molecular flexibility index (Phi) is 7.46. The van der Waals surface area contributed by atoms with E-state index in [-0.39, 0.29) is 5.75 Å². The van der Waals surface area contributed by atoms with Gasteiger partial charge in [0.15, 0.2) is 5.76 Å². The number of aliphatic hydroxyl groups excluding tert-OH is 1. The molecule has 1 aliphatic rings. The second-order valence-electron chi connectivity index (χ2n) is 6.47. The predicted molar refractivity (Wildman–Crippen MR) is 117 cm³/mol. The number of benzene rings is 2. The third-order valence-electron chi connectivity index (χ3n) is 4.30. The number of nitrogens with zero attached hydrogens (tertiary/aromatic N) is 1. The van der Waals surface area contributed by atoms with Crippen LogP contribution in [0, 0.1) is 0 Å². The molecule has 0 saturated heterocycles. The number of amides is 1. The molecule has 0 atom stereocenters. The molecule has 2 aromatic carbocycles. The van der Waals surface area contributed by atoms with Gasteiger partial charge in [0.05, 0.1) is 10.0 Å². The molecular weight excluding hydrogens is 429 g/mol. The van der Waals surface area contributed by atoms with Gasteiger partial charge in [-0.2, -0.15) is 0 Å². The SMILES string of the molecule is O=C(CO)NCCN1C=COC(c2cc(O)ccc2NCc2ccc(Cl)c(Cl)c2)=C1. The average Bonchev–Trinajstić information content (AvgIpc) is 2.75. The number of rotatable bonds is 8. The van der Waals surface area contributed by atoms with E-state index in [1.54, 1.807) is 42.7 Å². The molecule has 30 heavy (non-hydrogen) atoms. The molecule has 0 aliphatic carbocycles. The summed E-state index contributed by atoms with van der Waals surface area (Å²) < 4.78 is 5.65. The van der Waals surface area contributed by atoms with E-state index >= 15 is 0 Å². The zero-order valence-electron chi connectivity index (χ0n) is 15.9. The maximum atomic E-state index is 11.2. The van der Waals surface area contributed by atoms with Gasteiger partial charge >= 0.3 is 0 Å². The van der Waals surface area contributed by atoms with Gasteiger partial charge in [-0.15, -0.1) is 0 Å². The van der Waals surface area contributed by atoms with Crippen LogP contribution in [0.5, 0.6) is 5.75 Å². The summed E-state index contributed by atoms with van der Waals surface area (Å²) in [4.78, 5) is 13.0. The first-order valence-electron chi connectivity index (χ1n) is 9.16. The maximum absolute atomic E-state index is 11.2. The van der Waals surface area contributed by atoms with Crippen LogP contribution in [0.2, 0.25) is 10.0 Å². The Morgan fingerprint density at radius 1 is 1.13 bits per heavy atom. The molecule has 3 rings (SSSR count). The Hall–Kier alpha value is -2.87. The van der Waals surface area contributed by atoms with Gasteiger partial charge in [0.2, 0.25) is 5.91 Å². The van der Waals surface area contributed by atoms with Gasteiger partial charge < -0.3 is 30.5 Å². The van der Waals surface area contributed by atoms with Crippen molar-refractivity contribution in [3.8, 4) is 5.75 Å². The number of nitrogens with one attached hydrogen (secondary N) is 2. The molecule has 1 heterocycles. The van der Waals surface area contributed by atoms with Crippen molar-refractivity contribution >= 4 is 40.6 Å². The lowest BCUT2D eigenvalue weighted by molar-refractivity contribution is -0.123. The number of carbonyl (C=O) groups is 1. The van der Waals surface area contributed by atoms with Gasteiger partial charge in [-0.25, -0.2) is 0 Å². The van der Waals surface area contributed by atoms with E-state index < -0.39 is 12.5 Å². The summed E-state index contributed by atoms with van der Waals surface area (Å²) in [6.07, 6.45) is 5.01. The molecular formula is C21H21Cl2N3O4. The zero-order chi connectivity index (χ0) is 21.5. The smallest absolute Gasteiger partial charge is 0.245 e. The van der Waals surface area contributed by atoms with E-state index in [1.807, 2.05) is 11.0 Å². The number of aliphatic hydroxyl groups is 1. The Balaban J connectivity index is 1.73. The highest BCUT2D eigenvalue weighted by Crippen LogP contribution is 2.31. The molecule has 1 aliphatic heterocycles. The Morgan fingerprint density at radius 3 is 2.73 bits per heavy atom. The average molecular weight is 450 g/mol. The molecule has 4 N–H and O–H groups in total. The molecule has 0 aromatic heterocycles. The number of ether oxygens (including phenoxy) is 1. The topological polar surface area (TPSA) is 94.1 Å². The lowest BCUT2D eigenvalue weighted by Gasteiger charge is -2.23. The number of anilines is 1. The number of phenolic OH excluding ortho intramolecular Hbond substituents is 1. The minimum Gasteiger partial charge on any atom is -0.508 e. The lowest BCUT2D eigenvalue weighted by atomic mass is 10.1. The van der Waals surface area contributed by atoms with E-state index in [0.717, 1.165) is 11.3 Å². The van der Waals surface area contributed by atoms with E-state index in [0.29, 0.717) is 41.0 Å². The van der Waals surface area contributed by atoms with Crippen molar-refractivity contribution < 1.29 is 19.7 Å². The second-order valence-corrected chi connectivity index (χ2v) is 7.29. The van der Waals surface area contributed by atoms with Crippen molar-refractivity contribution in [3.63, 3.8) is 0 Å². The standard InChI is InChI=1S/C21H21Cl2N3O4/c22-17-3-1-14(9-18(17)23)11-25-19-4-2-15(28)10-16(19)20-12-26(7-8-30-20)6-5-24-21(29)13-27/h1-4,7-10,12,25,27-28H,5-6,11,13H2,(H,24,29). The van der Waals surface area contributed by atoms with Crippen LogP contribution in [0.15, 0.2) is 55.1 Å². The fourth-order valence-corrected chi connectivity index (χ4v) is 3.12. The van der Waals surface area contributed by atoms with Crippen LogP contribution < -0.4 is 10.6 Å². The summed E-state index contributed by atoms with van der Waals surface area (Å²) >= 11 is 12.0. The van der Waals surface area contributed by atoms with Gasteiger partial charge in [0.25, 0.3) is 0 Å². The highest BCUT2D eigenvalue weighted by molar-refractivity contribution is 6.42. The molecule has 9 heteroatoms. The summed E-state index contributed by atoms with van der Waals surface area (Å²) in [6.45, 7) is 0.793. The van der Waals surface area contributed by atoms with Crippen molar-refractivity contribution in [3.05, 3.63) is 76.2 Å². The third-order valence-corrected chi connectivity index (χ3v) is 5.04. The van der Waals surface area contributed by atoms with Crippen LogP contribution in [0.1, 0.15) is 11.1 Å². The fourth-order valence-electron chi connectivity index (χ4n) is 2.80. The quantitative estimate of drug-likeness (QED) is 0.460. The Labute approximate surface area is 184 Å². The number of carbonyl (C=O) groups excluding carboxylic acids is 1. The van der Waals surface area contributed by atoms with Crippen LogP contribution in [-0.2, 0) is 16.1 Å². The van der Waals surface area contributed by atoms with Crippen molar-refractivity contribution in [2.75, 3.05) is 25.0 Å². The van der Waals surface area contributed by atoms with Gasteiger partial charge in [-0.1, -0.05) is 29.3 Å². The molecule has 0 unspecified atom stereocenters. The normalized spacial score (nSPS) is 12.9. The highest BCUT2D eigenvalue weighted by atomic mass is 35.5. The van der Waals surface area contributed by atoms with Crippen molar-refractivity contribution in [1.82, 2.24) is 10.2 Å². The number of hydrogen-bond donors (Lipinski definition) is 4. The second kappa shape index (κ2) is 10.2. The van der Waals surface area contributed by atoms with Crippen molar-refractivity contribution in [1.29, 1.82) is 0 Å². The molecule has 0 saturated carbocycles. The molecule has 158 valence electrons. The molecule has 0 spiro atoms. The third kappa shape index (κ3) is 5.82. The predicted octanol–water partition coefficient (Wildman–Crippen LogP) is 3.52. The van der Waals surface area contributed by atoms with Gasteiger partial charge in [-0.3, -0.25) is 4.79 Å². The maximum Gasteiger partial charge on any atom is 0.245 e. The first-order chi connectivity index (χ1) is 14.5.